The maximum atomic E-state index is 14.1. The van der Waals surface area contributed by atoms with Gasteiger partial charge in [-0.05, 0) is 45.9 Å². The van der Waals surface area contributed by atoms with E-state index in [1.165, 1.54) is 4.31 Å². The highest BCUT2D eigenvalue weighted by Gasteiger charge is 2.26. The first-order chi connectivity index (χ1) is 13.0. The Morgan fingerprint density at radius 1 is 1.07 bits per heavy atom. The van der Waals surface area contributed by atoms with Crippen molar-refractivity contribution in [3.63, 3.8) is 0 Å². The SMILES string of the molecule is CCN(CC)S(=O)(=O)c1ccc(F)c(C(=O)OCC(=O)N(C(C)C)C(C)C)c1. The highest BCUT2D eigenvalue weighted by molar-refractivity contribution is 7.89. The largest absolute Gasteiger partial charge is 0.452 e. The second-order valence-corrected chi connectivity index (χ2v) is 8.73. The molecule has 9 heteroatoms. The van der Waals surface area contributed by atoms with Crippen LogP contribution >= 0.6 is 0 Å². The summed E-state index contributed by atoms with van der Waals surface area (Å²) in [6, 6.07) is 2.77. The van der Waals surface area contributed by atoms with E-state index in [1.54, 1.807) is 18.7 Å². The summed E-state index contributed by atoms with van der Waals surface area (Å²) in [5.41, 5.74) is -0.526. The van der Waals surface area contributed by atoms with Gasteiger partial charge in [0.25, 0.3) is 5.91 Å². The van der Waals surface area contributed by atoms with Crippen LogP contribution in [0.25, 0.3) is 0 Å². The summed E-state index contributed by atoms with van der Waals surface area (Å²) < 4.78 is 45.4. The quantitative estimate of drug-likeness (QED) is 0.578. The molecule has 0 N–H and O–H groups in total. The third-order valence-corrected chi connectivity index (χ3v) is 6.27. The maximum Gasteiger partial charge on any atom is 0.341 e. The van der Waals surface area contributed by atoms with Crippen molar-refractivity contribution in [3.05, 3.63) is 29.6 Å². The van der Waals surface area contributed by atoms with E-state index < -0.39 is 39.9 Å². The van der Waals surface area contributed by atoms with Crippen molar-refractivity contribution in [2.75, 3.05) is 19.7 Å². The molecule has 158 valence electrons. The lowest BCUT2D eigenvalue weighted by Gasteiger charge is -2.30. The standard InChI is InChI=1S/C19H29FN2O5S/c1-7-21(8-2)28(25,26)15-9-10-17(20)16(11-15)19(24)27-12-18(23)22(13(3)4)14(5)6/h9-11,13-14H,7-8,12H2,1-6H3. The van der Waals surface area contributed by atoms with Gasteiger partial charge in [-0.1, -0.05) is 13.8 Å². The van der Waals surface area contributed by atoms with E-state index in [2.05, 4.69) is 0 Å². The zero-order valence-corrected chi connectivity index (χ0v) is 18.0. The Hall–Kier alpha value is -2.00. The first-order valence-corrected chi connectivity index (χ1v) is 10.7. The van der Waals surface area contributed by atoms with E-state index in [9.17, 15) is 22.4 Å². The number of hydrogen-bond acceptors (Lipinski definition) is 5. The zero-order chi connectivity index (χ0) is 21.6. The third-order valence-electron chi connectivity index (χ3n) is 4.23. The number of sulfonamides is 1. The Kier molecular flexibility index (Phi) is 8.56. The molecular weight excluding hydrogens is 387 g/mol. The molecule has 1 aromatic carbocycles. The van der Waals surface area contributed by atoms with Gasteiger partial charge in [-0.25, -0.2) is 17.6 Å². The number of rotatable bonds is 9. The molecule has 0 aliphatic carbocycles. The molecule has 0 saturated carbocycles. The van der Waals surface area contributed by atoms with Crippen LogP contribution in [0, 0.1) is 5.82 Å². The molecule has 0 unspecified atom stereocenters. The van der Waals surface area contributed by atoms with Crippen LogP contribution in [-0.4, -0.2) is 61.3 Å². The van der Waals surface area contributed by atoms with Crippen molar-refractivity contribution in [3.8, 4) is 0 Å². The summed E-state index contributed by atoms with van der Waals surface area (Å²) in [7, 11) is -3.86. The van der Waals surface area contributed by atoms with Crippen LogP contribution in [-0.2, 0) is 19.6 Å². The van der Waals surface area contributed by atoms with Gasteiger partial charge in [0.1, 0.15) is 5.82 Å². The van der Waals surface area contributed by atoms with Crippen LogP contribution in [0.5, 0.6) is 0 Å². The minimum atomic E-state index is -3.86. The van der Waals surface area contributed by atoms with Gasteiger partial charge >= 0.3 is 5.97 Å². The first kappa shape index (κ1) is 24.0. The lowest BCUT2D eigenvalue weighted by molar-refractivity contribution is -0.138. The van der Waals surface area contributed by atoms with Crippen molar-refractivity contribution in [1.82, 2.24) is 9.21 Å². The van der Waals surface area contributed by atoms with Gasteiger partial charge in [0, 0.05) is 25.2 Å². The predicted octanol–water partition coefficient (Wildman–Crippen LogP) is 2.66. The molecule has 1 aromatic rings. The average Bonchev–Trinajstić information content (AvgIpc) is 2.60. The highest BCUT2D eigenvalue weighted by atomic mass is 32.2. The van der Waals surface area contributed by atoms with Gasteiger partial charge < -0.3 is 9.64 Å². The van der Waals surface area contributed by atoms with Gasteiger partial charge in [0.15, 0.2) is 6.61 Å². The summed E-state index contributed by atoms with van der Waals surface area (Å²) in [5.74, 6) is -2.42. The summed E-state index contributed by atoms with van der Waals surface area (Å²) in [6.45, 7) is 10.6. The minimum absolute atomic E-state index is 0.0921. The summed E-state index contributed by atoms with van der Waals surface area (Å²) in [5, 5.41) is 0. The highest BCUT2D eigenvalue weighted by Crippen LogP contribution is 2.20. The number of hydrogen-bond donors (Lipinski definition) is 0. The van der Waals surface area contributed by atoms with E-state index in [-0.39, 0.29) is 30.1 Å². The molecule has 0 spiro atoms. The second kappa shape index (κ2) is 9.97. The average molecular weight is 417 g/mol. The Morgan fingerprint density at radius 3 is 2.07 bits per heavy atom. The normalized spacial score (nSPS) is 11.9. The Balaban J connectivity index is 3.05. The molecule has 0 aromatic heterocycles. The molecule has 0 aliphatic heterocycles. The number of nitrogens with zero attached hydrogens (tertiary/aromatic N) is 2. The lowest BCUT2D eigenvalue weighted by Crippen LogP contribution is -2.44. The monoisotopic (exact) mass is 416 g/mol. The fourth-order valence-corrected chi connectivity index (χ4v) is 4.47. The smallest absolute Gasteiger partial charge is 0.341 e. The lowest BCUT2D eigenvalue weighted by atomic mass is 10.2. The third kappa shape index (κ3) is 5.51. The molecule has 0 fully saturated rings. The molecule has 0 saturated heterocycles. The van der Waals surface area contributed by atoms with Crippen LogP contribution in [0.1, 0.15) is 51.9 Å². The fraction of sp³-hybridized carbons (Fsp3) is 0.579. The minimum Gasteiger partial charge on any atom is -0.452 e. The number of halogens is 1. The van der Waals surface area contributed by atoms with E-state index in [0.29, 0.717) is 0 Å². The van der Waals surface area contributed by atoms with Crippen molar-refractivity contribution in [2.45, 2.75) is 58.5 Å². The van der Waals surface area contributed by atoms with Crippen molar-refractivity contribution >= 4 is 21.9 Å². The summed E-state index contributed by atoms with van der Waals surface area (Å²) in [6.07, 6.45) is 0. The Bertz CT molecular complexity index is 797. The van der Waals surface area contributed by atoms with Gasteiger partial charge in [-0.2, -0.15) is 4.31 Å². The van der Waals surface area contributed by atoms with Crippen LogP contribution in [0.4, 0.5) is 4.39 Å². The number of carbonyl (C=O) groups is 2. The van der Waals surface area contributed by atoms with Crippen LogP contribution in [0.2, 0.25) is 0 Å². The van der Waals surface area contributed by atoms with Gasteiger partial charge in [0.2, 0.25) is 10.0 Å². The van der Waals surface area contributed by atoms with E-state index in [0.717, 1.165) is 18.2 Å². The molecule has 1 rings (SSSR count). The van der Waals surface area contributed by atoms with E-state index >= 15 is 0 Å². The molecule has 0 heterocycles. The number of amides is 1. The van der Waals surface area contributed by atoms with Gasteiger partial charge in [0.05, 0.1) is 10.5 Å². The number of esters is 1. The van der Waals surface area contributed by atoms with Crippen molar-refractivity contribution < 1.29 is 27.1 Å². The molecule has 1 amide bonds. The molecule has 0 bridgehead atoms. The van der Waals surface area contributed by atoms with Gasteiger partial charge in [-0.3, -0.25) is 4.79 Å². The Labute approximate surface area is 166 Å². The number of ether oxygens (including phenoxy) is 1. The van der Waals surface area contributed by atoms with Crippen LogP contribution in [0.3, 0.4) is 0 Å². The molecule has 28 heavy (non-hydrogen) atoms. The zero-order valence-electron chi connectivity index (χ0n) is 17.2. The summed E-state index contributed by atoms with van der Waals surface area (Å²) in [4.78, 5) is 25.9. The fourth-order valence-electron chi connectivity index (χ4n) is 2.99. The molecule has 0 aliphatic rings. The second-order valence-electron chi connectivity index (χ2n) is 6.80. The van der Waals surface area contributed by atoms with E-state index in [1.807, 2.05) is 27.7 Å². The van der Waals surface area contributed by atoms with Crippen LogP contribution < -0.4 is 0 Å². The summed E-state index contributed by atoms with van der Waals surface area (Å²) >= 11 is 0. The molecule has 0 atom stereocenters. The maximum absolute atomic E-state index is 14.1. The predicted molar refractivity (Wildman–Crippen MR) is 104 cm³/mol. The Morgan fingerprint density at radius 2 is 1.61 bits per heavy atom. The first-order valence-electron chi connectivity index (χ1n) is 9.25. The molecular formula is C19H29FN2O5S. The topological polar surface area (TPSA) is 84.0 Å². The van der Waals surface area contributed by atoms with Gasteiger partial charge in [-0.15, -0.1) is 0 Å². The van der Waals surface area contributed by atoms with E-state index in [4.69, 9.17) is 4.74 Å². The van der Waals surface area contributed by atoms with Crippen molar-refractivity contribution in [2.24, 2.45) is 0 Å². The van der Waals surface area contributed by atoms with Crippen molar-refractivity contribution in [1.29, 1.82) is 0 Å². The number of carbonyl (C=O) groups excluding carboxylic acids is 2. The molecule has 7 nitrogen and oxygen atoms in total. The number of benzene rings is 1. The molecule has 0 radical (unpaired) electrons. The van der Waals surface area contributed by atoms with Crippen LogP contribution in [0.15, 0.2) is 23.1 Å².